The SMILES string of the molecule is CCOC(=O)CN(CC(C)C)C(=O)c1csc(CCN)n1.Cl. The summed E-state index contributed by atoms with van der Waals surface area (Å²) in [6.45, 7) is 6.97. The lowest BCUT2D eigenvalue weighted by Gasteiger charge is -2.22. The third kappa shape index (κ3) is 6.72. The lowest BCUT2D eigenvalue weighted by atomic mass is 10.2. The number of ether oxygens (including phenoxy) is 1. The van der Waals surface area contributed by atoms with Gasteiger partial charge in [-0.25, -0.2) is 4.98 Å². The van der Waals surface area contributed by atoms with Gasteiger partial charge in [-0.05, 0) is 19.4 Å². The van der Waals surface area contributed by atoms with Crippen molar-refractivity contribution in [3.63, 3.8) is 0 Å². The van der Waals surface area contributed by atoms with Crippen LogP contribution < -0.4 is 5.73 Å². The first-order chi connectivity index (χ1) is 9.97. The molecule has 6 nitrogen and oxygen atoms in total. The van der Waals surface area contributed by atoms with Crippen LogP contribution in [0.2, 0.25) is 0 Å². The van der Waals surface area contributed by atoms with Crippen LogP contribution in [0.15, 0.2) is 5.38 Å². The number of carbonyl (C=O) groups is 2. The highest BCUT2D eigenvalue weighted by Crippen LogP contribution is 2.13. The molecule has 0 aromatic carbocycles. The number of nitrogens with two attached hydrogens (primary N) is 1. The number of esters is 1. The van der Waals surface area contributed by atoms with Gasteiger partial charge in [-0.15, -0.1) is 23.7 Å². The first kappa shape index (κ1) is 20.8. The van der Waals surface area contributed by atoms with Crippen LogP contribution in [0.3, 0.4) is 0 Å². The fourth-order valence-electron chi connectivity index (χ4n) is 1.83. The summed E-state index contributed by atoms with van der Waals surface area (Å²) < 4.78 is 4.92. The fourth-order valence-corrected chi connectivity index (χ4v) is 2.62. The first-order valence-electron chi connectivity index (χ1n) is 7.07. The molecule has 0 bridgehead atoms. The third-order valence-corrected chi connectivity index (χ3v) is 3.54. The molecule has 1 heterocycles. The van der Waals surface area contributed by atoms with E-state index >= 15 is 0 Å². The summed E-state index contributed by atoms with van der Waals surface area (Å²) in [6, 6.07) is 0. The summed E-state index contributed by atoms with van der Waals surface area (Å²) in [5, 5.41) is 2.55. The summed E-state index contributed by atoms with van der Waals surface area (Å²) in [6.07, 6.45) is 0.653. The van der Waals surface area contributed by atoms with Gasteiger partial charge in [0.05, 0.1) is 11.6 Å². The van der Waals surface area contributed by atoms with Gasteiger partial charge in [0, 0.05) is 18.3 Å². The number of rotatable bonds is 8. The van der Waals surface area contributed by atoms with Crippen molar-refractivity contribution >= 4 is 35.6 Å². The lowest BCUT2D eigenvalue weighted by molar-refractivity contribution is -0.143. The normalized spacial score (nSPS) is 10.2. The van der Waals surface area contributed by atoms with E-state index < -0.39 is 5.97 Å². The molecule has 0 atom stereocenters. The molecule has 0 unspecified atom stereocenters. The highest BCUT2D eigenvalue weighted by atomic mass is 35.5. The summed E-state index contributed by atoms with van der Waals surface area (Å²) in [5.41, 5.74) is 5.85. The molecule has 8 heteroatoms. The standard InChI is InChI=1S/C14H23N3O3S.ClH/c1-4-20-13(18)8-17(7-10(2)3)14(19)11-9-21-12(16-11)5-6-15;/h9-10H,4-8,15H2,1-3H3;1H. The number of hydrogen-bond acceptors (Lipinski definition) is 6. The molecule has 0 fully saturated rings. The van der Waals surface area contributed by atoms with Gasteiger partial charge >= 0.3 is 5.97 Å². The van der Waals surface area contributed by atoms with Crippen molar-refractivity contribution < 1.29 is 14.3 Å². The molecule has 126 valence electrons. The van der Waals surface area contributed by atoms with Crippen molar-refractivity contribution in [2.75, 3.05) is 26.2 Å². The van der Waals surface area contributed by atoms with Crippen molar-refractivity contribution in [1.82, 2.24) is 9.88 Å². The Hall–Kier alpha value is -1.18. The Morgan fingerprint density at radius 3 is 2.68 bits per heavy atom. The predicted molar refractivity (Wildman–Crippen MR) is 89.5 cm³/mol. The van der Waals surface area contributed by atoms with Gasteiger partial charge in [0.1, 0.15) is 12.2 Å². The summed E-state index contributed by atoms with van der Waals surface area (Å²) in [7, 11) is 0. The van der Waals surface area contributed by atoms with Crippen LogP contribution in [0.25, 0.3) is 0 Å². The molecule has 0 aliphatic rings. The zero-order chi connectivity index (χ0) is 15.8. The molecule has 0 spiro atoms. The zero-order valence-electron chi connectivity index (χ0n) is 13.2. The Kier molecular flexibility index (Phi) is 9.97. The van der Waals surface area contributed by atoms with E-state index in [9.17, 15) is 9.59 Å². The van der Waals surface area contributed by atoms with Crippen LogP contribution in [0.5, 0.6) is 0 Å². The molecule has 0 saturated carbocycles. The minimum Gasteiger partial charge on any atom is -0.465 e. The number of carbonyl (C=O) groups excluding carboxylic acids is 2. The average Bonchev–Trinajstić information content (AvgIpc) is 2.86. The van der Waals surface area contributed by atoms with Crippen molar-refractivity contribution in [2.45, 2.75) is 27.2 Å². The molecule has 1 aromatic heterocycles. The van der Waals surface area contributed by atoms with Gasteiger partial charge in [-0.2, -0.15) is 0 Å². The molecule has 2 N–H and O–H groups in total. The third-order valence-electron chi connectivity index (χ3n) is 2.63. The zero-order valence-corrected chi connectivity index (χ0v) is 14.8. The van der Waals surface area contributed by atoms with Gasteiger partial charge < -0.3 is 15.4 Å². The topological polar surface area (TPSA) is 85.5 Å². The van der Waals surface area contributed by atoms with Gasteiger partial charge in [0.15, 0.2) is 0 Å². The van der Waals surface area contributed by atoms with Gasteiger partial charge in [0.25, 0.3) is 5.91 Å². The highest BCUT2D eigenvalue weighted by molar-refractivity contribution is 7.09. The molecule has 0 aliphatic carbocycles. The predicted octanol–water partition coefficient (Wildman–Crippen LogP) is 1.73. The Labute approximate surface area is 141 Å². The number of halogens is 1. The van der Waals surface area contributed by atoms with Crippen LogP contribution in [-0.4, -0.2) is 48.0 Å². The maximum atomic E-state index is 12.5. The number of nitrogens with zero attached hydrogens (tertiary/aromatic N) is 2. The molecule has 1 rings (SSSR count). The minimum atomic E-state index is -0.399. The molecule has 0 aliphatic heterocycles. The molecular formula is C14H24ClN3O3S. The lowest BCUT2D eigenvalue weighted by Crippen LogP contribution is -2.39. The Bertz CT molecular complexity index is 480. The van der Waals surface area contributed by atoms with Crippen molar-refractivity contribution in [3.05, 3.63) is 16.1 Å². The number of amides is 1. The fraction of sp³-hybridized carbons (Fsp3) is 0.643. The van der Waals surface area contributed by atoms with E-state index in [1.165, 1.54) is 16.2 Å². The monoisotopic (exact) mass is 349 g/mol. The largest absolute Gasteiger partial charge is 0.465 e. The number of hydrogen-bond donors (Lipinski definition) is 1. The van der Waals surface area contributed by atoms with Crippen molar-refractivity contribution in [1.29, 1.82) is 0 Å². The maximum absolute atomic E-state index is 12.5. The second-order valence-electron chi connectivity index (χ2n) is 5.05. The number of thiazole rings is 1. The van der Waals surface area contributed by atoms with Crippen molar-refractivity contribution in [3.8, 4) is 0 Å². The van der Waals surface area contributed by atoms with Gasteiger partial charge in [-0.1, -0.05) is 13.8 Å². The van der Waals surface area contributed by atoms with E-state index in [1.54, 1.807) is 12.3 Å². The van der Waals surface area contributed by atoms with Crippen LogP contribution in [0, 0.1) is 5.92 Å². The van der Waals surface area contributed by atoms with Crippen LogP contribution >= 0.6 is 23.7 Å². The number of aromatic nitrogens is 1. The summed E-state index contributed by atoms with van der Waals surface area (Å²) in [4.78, 5) is 29.9. The molecule has 0 radical (unpaired) electrons. The van der Waals surface area contributed by atoms with E-state index in [0.717, 1.165) is 5.01 Å². The Morgan fingerprint density at radius 1 is 1.45 bits per heavy atom. The second-order valence-corrected chi connectivity index (χ2v) is 5.99. The van der Waals surface area contributed by atoms with Gasteiger partial charge in [-0.3, -0.25) is 9.59 Å². The second kappa shape index (κ2) is 10.5. The molecule has 22 heavy (non-hydrogen) atoms. The van der Waals surface area contributed by atoms with E-state index in [1.807, 2.05) is 13.8 Å². The molecular weight excluding hydrogens is 326 g/mol. The van der Waals surface area contributed by atoms with Crippen LogP contribution in [0.1, 0.15) is 36.3 Å². The van der Waals surface area contributed by atoms with E-state index in [4.69, 9.17) is 10.5 Å². The molecule has 0 saturated heterocycles. The van der Waals surface area contributed by atoms with E-state index in [2.05, 4.69) is 4.98 Å². The van der Waals surface area contributed by atoms with Crippen LogP contribution in [-0.2, 0) is 16.0 Å². The highest BCUT2D eigenvalue weighted by Gasteiger charge is 2.22. The minimum absolute atomic E-state index is 0. The van der Waals surface area contributed by atoms with Crippen molar-refractivity contribution in [2.24, 2.45) is 11.7 Å². The first-order valence-corrected chi connectivity index (χ1v) is 7.95. The summed E-state index contributed by atoms with van der Waals surface area (Å²) >= 11 is 1.41. The average molecular weight is 350 g/mol. The van der Waals surface area contributed by atoms with E-state index in [-0.39, 0.29) is 30.8 Å². The molecule has 1 aromatic rings. The van der Waals surface area contributed by atoms with Gasteiger partial charge in [0.2, 0.25) is 0 Å². The quantitative estimate of drug-likeness (QED) is 0.722. The van der Waals surface area contributed by atoms with Crippen LogP contribution in [0.4, 0.5) is 0 Å². The smallest absolute Gasteiger partial charge is 0.325 e. The maximum Gasteiger partial charge on any atom is 0.325 e. The summed E-state index contributed by atoms with van der Waals surface area (Å²) in [5.74, 6) is -0.384. The molecule has 1 amide bonds. The Morgan fingerprint density at radius 2 is 2.14 bits per heavy atom. The Balaban J connectivity index is 0.00000441. The van der Waals surface area contributed by atoms with E-state index in [0.29, 0.717) is 31.8 Å².